The lowest BCUT2D eigenvalue weighted by atomic mass is 9.97. The number of hydrogen-bond donors (Lipinski definition) is 1. The van der Waals surface area contributed by atoms with E-state index in [0.717, 1.165) is 0 Å². The Balaban J connectivity index is 0. The fraction of sp³-hybridized carbons (Fsp3) is 0.824. The molecule has 1 fully saturated rings. The Labute approximate surface area is 148 Å². The zero-order valence-electron chi connectivity index (χ0n) is 16.0. The molecule has 6 nitrogen and oxygen atoms in total. The first kappa shape index (κ1) is 25.1. The van der Waals surface area contributed by atoms with E-state index < -0.39 is 10.0 Å². The molecule has 1 saturated heterocycles. The van der Waals surface area contributed by atoms with Crippen LogP contribution in [0.15, 0.2) is 0 Å². The Morgan fingerprint density at radius 3 is 2.21 bits per heavy atom. The van der Waals surface area contributed by atoms with Gasteiger partial charge >= 0.3 is 0 Å². The van der Waals surface area contributed by atoms with Crippen LogP contribution in [-0.4, -0.2) is 57.7 Å². The quantitative estimate of drug-likeness (QED) is 0.578. The van der Waals surface area contributed by atoms with E-state index in [1.54, 1.807) is 6.92 Å². The van der Waals surface area contributed by atoms with Crippen LogP contribution in [0.2, 0.25) is 0 Å². The van der Waals surface area contributed by atoms with E-state index >= 15 is 0 Å². The number of nitrogens with zero attached hydrogens (tertiary/aromatic N) is 1. The van der Waals surface area contributed by atoms with Gasteiger partial charge in [0.1, 0.15) is 6.61 Å². The average Bonchev–Trinajstić information content (AvgIpc) is 2.60. The molecule has 1 heterocycles. The molecule has 24 heavy (non-hydrogen) atoms. The molecule has 0 aliphatic carbocycles. The van der Waals surface area contributed by atoms with Gasteiger partial charge < -0.3 is 10.1 Å². The van der Waals surface area contributed by atoms with E-state index in [2.05, 4.69) is 17.2 Å². The molecule has 0 aromatic rings. The Bertz CT molecular complexity index is 473. The number of nitrogens with one attached hydrogen (secondary N) is 1. The molecular weight excluding hydrogens is 328 g/mol. The minimum atomic E-state index is -3.14. The van der Waals surface area contributed by atoms with Crippen LogP contribution in [0, 0.1) is 17.8 Å². The standard InChI is InChI=1S/C13H22N2O4S.2C2H6/c1-3-4-10-19-11-7-14-13(16)12-5-8-15(9-6-12)20(2,17)18;2*1-2/h12H,5-11H2,1-2H3,(H,14,16);2*1-2H3. The fourth-order valence-corrected chi connectivity index (χ4v) is 2.91. The maximum atomic E-state index is 11.9. The number of ether oxygens (including phenoxy) is 1. The number of sulfonamides is 1. The van der Waals surface area contributed by atoms with Gasteiger partial charge in [0.15, 0.2) is 0 Å². The van der Waals surface area contributed by atoms with Gasteiger partial charge in [-0.05, 0) is 19.8 Å². The van der Waals surface area contributed by atoms with Crippen molar-refractivity contribution in [3.8, 4) is 11.8 Å². The zero-order chi connectivity index (χ0) is 19.0. The lowest BCUT2D eigenvalue weighted by Gasteiger charge is -2.29. The van der Waals surface area contributed by atoms with Gasteiger partial charge in [-0.15, -0.1) is 5.92 Å². The maximum absolute atomic E-state index is 11.9. The summed E-state index contributed by atoms with van der Waals surface area (Å²) in [6, 6.07) is 0. The molecule has 1 amide bonds. The summed E-state index contributed by atoms with van der Waals surface area (Å²) in [7, 11) is -3.14. The van der Waals surface area contributed by atoms with Gasteiger partial charge in [0.25, 0.3) is 0 Å². The summed E-state index contributed by atoms with van der Waals surface area (Å²) >= 11 is 0. The lowest BCUT2D eigenvalue weighted by Crippen LogP contribution is -2.43. The largest absolute Gasteiger partial charge is 0.367 e. The molecule has 0 spiro atoms. The maximum Gasteiger partial charge on any atom is 0.223 e. The molecular formula is C17H34N2O4S. The average molecular weight is 363 g/mol. The molecule has 7 heteroatoms. The second-order valence-corrected chi connectivity index (χ2v) is 6.69. The van der Waals surface area contributed by atoms with Gasteiger partial charge in [-0.2, -0.15) is 0 Å². The van der Waals surface area contributed by atoms with Crippen molar-refractivity contribution in [1.29, 1.82) is 0 Å². The van der Waals surface area contributed by atoms with Crippen LogP contribution in [0.4, 0.5) is 0 Å². The summed E-state index contributed by atoms with van der Waals surface area (Å²) in [5.41, 5.74) is 0. The van der Waals surface area contributed by atoms with Crippen LogP contribution in [0.1, 0.15) is 47.5 Å². The Hall–Kier alpha value is -1.10. The molecule has 0 aromatic heterocycles. The highest BCUT2D eigenvalue weighted by Crippen LogP contribution is 2.18. The van der Waals surface area contributed by atoms with Crippen molar-refractivity contribution in [2.75, 3.05) is 39.1 Å². The van der Waals surface area contributed by atoms with Gasteiger partial charge in [-0.25, -0.2) is 12.7 Å². The molecule has 1 aliphatic heterocycles. The third-order valence-electron chi connectivity index (χ3n) is 3.19. The number of carbonyl (C=O) groups excluding carboxylic acids is 1. The Kier molecular flexibility index (Phi) is 16.2. The third kappa shape index (κ3) is 11.4. The van der Waals surface area contributed by atoms with E-state index in [0.29, 0.717) is 45.7 Å². The predicted molar refractivity (Wildman–Crippen MR) is 99.1 cm³/mol. The molecule has 1 N–H and O–H groups in total. The molecule has 0 saturated carbocycles. The van der Waals surface area contributed by atoms with E-state index in [1.807, 2.05) is 27.7 Å². The second kappa shape index (κ2) is 15.4. The zero-order valence-corrected chi connectivity index (χ0v) is 16.8. The first-order chi connectivity index (χ1) is 11.4. The van der Waals surface area contributed by atoms with E-state index in [-0.39, 0.29) is 11.8 Å². The third-order valence-corrected chi connectivity index (χ3v) is 4.49. The minimum absolute atomic E-state index is 0.0247. The lowest BCUT2D eigenvalue weighted by molar-refractivity contribution is -0.126. The Morgan fingerprint density at radius 2 is 1.75 bits per heavy atom. The first-order valence-electron chi connectivity index (χ1n) is 8.65. The van der Waals surface area contributed by atoms with Gasteiger partial charge in [0, 0.05) is 25.6 Å². The summed E-state index contributed by atoms with van der Waals surface area (Å²) in [5, 5.41) is 2.80. The second-order valence-electron chi connectivity index (χ2n) is 4.71. The Morgan fingerprint density at radius 1 is 1.21 bits per heavy atom. The monoisotopic (exact) mass is 362 g/mol. The van der Waals surface area contributed by atoms with Crippen molar-refractivity contribution in [3.63, 3.8) is 0 Å². The molecule has 0 atom stereocenters. The van der Waals surface area contributed by atoms with Crippen molar-refractivity contribution in [2.24, 2.45) is 5.92 Å². The molecule has 1 rings (SSSR count). The minimum Gasteiger partial charge on any atom is -0.367 e. The first-order valence-corrected chi connectivity index (χ1v) is 10.5. The highest BCUT2D eigenvalue weighted by Gasteiger charge is 2.28. The number of hydrogen-bond acceptors (Lipinski definition) is 4. The summed E-state index contributed by atoms with van der Waals surface area (Å²) < 4.78 is 29.3. The molecule has 0 bridgehead atoms. The van der Waals surface area contributed by atoms with Crippen molar-refractivity contribution in [3.05, 3.63) is 0 Å². The van der Waals surface area contributed by atoms with Gasteiger partial charge in [0.05, 0.1) is 12.9 Å². The van der Waals surface area contributed by atoms with Crippen LogP contribution >= 0.6 is 0 Å². The predicted octanol–water partition coefficient (Wildman–Crippen LogP) is 1.87. The number of amides is 1. The normalized spacial score (nSPS) is 14.9. The molecule has 0 radical (unpaired) electrons. The van der Waals surface area contributed by atoms with Crippen molar-refractivity contribution in [2.45, 2.75) is 47.5 Å². The van der Waals surface area contributed by atoms with E-state index in [1.165, 1.54) is 10.6 Å². The smallest absolute Gasteiger partial charge is 0.223 e. The van der Waals surface area contributed by atoms with E-state index in [9.17, 15) is 13.2 Å². The molecule has 142 valence electrons. The highest BCUT2D eigenvalue weighted by atomic mass is 32.2. The topological polar surface area (TPSA) is 75.7 Å². The highest BCUT2D eigenvalue weighted by molar-refractivity contribution is 7.88. The van der Waals surface area contributed by atoms with Crippen LogP contribution < -0.4 is 5.32 Å². The number of rotatable bonds is 6. The summed E-state index contributed by atoms with van der Waals surface area (Å²) in [5.74, 6) is 5.36. The van der Waals surface area contributed by atoms with Crippen molar-refractivity contribution >= 4 is 15.9 Å². The summed E-state index contributed by atoms with van der Waals surface area (Å²) in [6.07, 6.45) is 2.34. The fourth-order valence-electron chi connectivity index (χ4n) is 2.04. The summed E-state index contributed by atoms with van der Waals surface area (Å²) in [4.78, 5) is 11.9. The molecule has 0 aromatic carbocycles. The van der Waals surface area contributed by atoms with Gasteiger partial charge in [0.2, 0.25) is 15.9 Å². The molecule has 0 unspecified atom stereocenters. The molecule has 1 aliphatic rings. The SMILES string of the molecule is CC.CC.CC#CCOCCNC(=O)C1CCN(S(C)(=O)=O)CC1. The van der Waals surface area contributed by atoms with Crippen molar-refractivity contribution in [1.82, 2.24) is 9.62 Å². The van der Waals surface area contributed by atoms with E-state index in [4.69, 9.17) is 4.74 Å². The van der Waals surface area contributed by atoms with Crippen LogP contribution in [0.3, 0.4) is 0 Å². The number of piperidine rings is 1. The van der Waals surface area contributed by atoms with Crippen LogP contribution in [-0.2, 0) is 19.6 Å². The van der Waals surface area contributed by atoms with Crippen molar-refractivity contribution < 1.29 is 17.9 Å². The number of carbonyl (C=O) groups is 1. The van der Waals surface area contributed by atoms with Crippen LogP contribution in [0.25, 0.3) is 0 Å². The van der Waals surface area contributed by atoms with Gasteiger partial charge in [-0.1, -0.05) is 33.6 Å². The van der Waals surface area contributed by atoms with Crippen LogP contribution in [0.5, 0.6) is 0 Å². The van der Waals surface area contributed by atoms with Gasteiger partial charge in [-0.3, -0.25) is 4.79 Å². The summed E-state index contributed by atoms with van der Waals surface area (Å²) in [6.45, 7) is 11.8.